The number of sulfonamides is 1. The van der Waals surface area contributed by atoms with E-state index in [0.29, 0.717) is 25.3 Å². The number of nitrogens with one attached hydrogen (secondary N) is 1. The first-order valence-electron chi connectivity index (χ1n) is 9.23. The van der Waals surface area contributed by atoms with E-state index in [4.69, 9.17) is 23.2 Å². The average molecular weight is 524 g/mol. The molecule has 0 aliphatic carbocycles. The summed E-state index contributed by atoms with van der Waals surface area (Å²) in [6.45, 7) is 3.71. The molecule has 2 aromatic rings. The van der Waals surface area contributed by atoms with Crippen LogP contribution in [0.1, 0.15) is 42.2 Å². The van der Waals surface area contributed by atoms with Gasteiger partial charge in [-0.15, -0.1) is 0 Å². The summed E-state index contributed by atoms with van der Waals surface area (Å²) in [7, 11) is -3.80. The van der Waals surface area contributed by atoms with E-state index in [1.54, 1.807) is 4.68 Å². The number of hydrogen-bond acceptors (Lipinski definition) is 4. The van der Waals surface area contributed by atoms with Crippen LogP contribution in [0.2, 0.25) is 10.0 Å². The number of amides is 1. The number of carbonyl (C=O) groups excluding carboxylic acids is 1. The largest absolute Gasteiger partial charge is 0.346 e. The number of carbonyl (C=O) groups is 1. The maximum atomic E-state index is 13.0. The summed E-state index contributed by atoms with van der Waals surface area (Å²) in [6.07, 6.45) is 4.42. The molecule has 1 saturated heterocycles. The quantitative estimate of drug-likeness (QED) is 0.618. The molecule has 3 rings (SSSR count). The fourth-order valence-electron chi connectivity index (χ4n) is 3.12. The van der Waals surface area contributed by atoms with Crippen molar-refractivity contribution in [3.8, 4) is 0 Å². The normalized spacial score (nSPS) is 15.4. The van der Waals surface area contributed by atoms with Crippen molar-refractivity contribution in [1.29, 1.82) is 0 Å². The Bertz CT molecular complexity index is 1020. The second-order valence-corrected chi connectivity index (χ2v) is 10.3. The molecular formula is C18H21BrCl2N4O3S. The summed E-state index contributed by atoms with van der Waals surface area (Å²) in [5, 5.41) is 7.17. The van der Waals surface area contributed by atoms with Crippen molar-refractivity contribution in [1.82, 2.24) is 19.4 Å². The summed E-state index contributed by atoms with van der Waals surface area (Å²) < 4.78 is 29.9. The third-order valence-electron chi connectivity index (χ3n) is 4.73. The molecule has 1 aliphatic rings. The number of piperidine rings is 1. The fraction of sp³-hybridized carbons (Fsp3) is 0.444. The molecule has 0 atom stereocenters. The van der Waals surface area contributed by atoms with Crippen molar-refractivity contribution in [2.24, 2.45) is 0 Å². The molecule has 29 heavy (non-hydrogen) atoms. The van der Waals surface area contributed by atoms with Gasteiger partial charge in [-0.05, 0) is 47.8 Å². The first-order valence-corrected chi connectivity index (χ1v) is 12.2. The Labute approximate surface area is 188 Å². The van der Waals surface area contributed by atoms with E-state index in [0.717, 1.165) is 23.7 Å². The van der Waals surface area contributed by atoms with Gasteiger partial charge < -0.3 is 5.32 Å². The summed E-state index contributed by atoms with van der Waals surface area (Å²) in [4.78, 5) is 12.6. The highest BCUT2D eigenvalue weighted by atomic mass is 79.9. The van der Waals surface area contributed by atoms with E-state index in [2.05, 4.69) is 26.3 Å². The first-order chi connectivity index (χ1) is 13.7. The summed E-state index contributed by atoms with van der Waals surface area (Å²) in [6, 6.07) is 2.56. The lowest BCUT2D eigenvalue weighted by atomic mass is 10.2. The Morgan fingerprint density at radius 3 is 2.52 bits per heavy atom. The van der Waals surface area contributed by atoms with Gasteiger partial charge in [-0.25, -0.2) is 8.42 Å². The van der Waals surface area contributed by atoms with E-state index < -0.39 is 15.9 Å². The number of aromatic nitrogens is 2. The van der Waals surface area contributed by atoms with Crippen LogP contribution < -0.4 is 5.32 Å². The lowest BCUT2D eigenvalue weighted by Gasteiger charge is -2.26. The van der Waals surface area contributed by atoms with Gasteiger partial charge in [0.15, 0.2) is 0 Å². The molecule has 7 nitrogen and oxygen atoms in total. The van der Waals surface area contributed by atoms with Crippen LogP contribution in [-0.2, 0) is 23.1 Å². The molecule has 1 aromatic heterocycles. The Morgan fingerprint density at radius 1 is 1.21 bits per heavy atom. The zero-order valence-corrected chi connectivity index (χ0v) is 19.7. The van der Waals surface area contributed by atoms with Gasteiger partial charge in [0.1, 0.15) is 4.90 Å². The van der Waals surface area contributed by atoms with E-state index in [1.165, 1.54) is 16.4 Å². The molecule has 1 amide bonds. The molecule has 11 heteroatoms. The summed E-state index contributed by atoms with van der Waals surface area (Å²) in [5.74, 6) is -0.500. The van der Waals surface area contributed by atoms with Gasteiger partial charge >= 0.3 is 0 Å². The zero-order valence-electron chi connectivity index (χ0n) is 15.8. The van der Waals surface area contributed by atoms with Crippen molar-refractivity contribution < 1.29 is 13.2 Å². The van der Waals surface area contributed by atoms with Crippen molar-refractivity contribution >= 4 is 55.1 Å². The van der Waals surface area contributed by atoms with Crippen LogP contribution in [0.3, 0.4) is 0 Å². The Morgan fingerprint density at radius 2 is 1.90 bits per heavy atom. The fourth-order valence-corrected chi connectivity index (χ4v) is 5.93. The molecule has 0 saturated carbocycles. The molecule has 1 aromatic carbocycles. The monoisotopic (exact) mass is 522 g/mol. The third-order valence-corrected chi connectivity index (χ3v) is 8.07. The van der Waals surface area contributed by atoms with Crippen LogP contribution in [0, 0.1) is 0 Å². The molecule has 2 heterocycles. The van der Waals surface area contributed by atoms with Gasteiger partial charge in [0.2, 0.25) is 10.0 Å². The first kappa shape index (κ1) is 22.6. The number of halogens is 3. The molecular weight excluding hydrogens is 503 g/mol. The van der Waals surface area contributed by atoms with Crippen molar-refractivity contribution in [3.63, 3.8) is 0 Å². The maximum Gasteiger partial charge on any atom is 0.253 e. The number of hydrogen-bond donors (Lipinski definition) is 1. The molecule has 0 bridgehead atoms. The Hall–Kier alpha value is -1.13. The van der Waals surface area contributed by atoms with Crippen LogP contribution in [0.5, 0.6) is 0 Å². The molecule has 0 radical (unpaired) electrons. The number of benzene rings is 1. The number of aryl methyl sites for hydroxylation is 1. The second kappa shape index (κ2) is 9.34. The summed E-state index contributed by atoms with van der Waals surface area (Å²) >= 11 is 15.8. The molecule has 158 valence electrons. The Balaban J connectivity index is 1.84. The minimum Gasteiger partial charge on any atom is -0.346 e. The average Bonchev–Trinajstić information content (AvgIpc) is 3.06. The van der Waals surface area contributed by atoms with Gasteiger partial charge in [0.25, 0.3) is 5.91 Å². The third kappa shape index (κ3) is 4.96. The zero-order chi connectivity index (χ0) is 21.2. The minimum absolute atomic E-state index is 0.00144. The SMILES string of the molecule is CCn1cc(Br)c(CNC(=O)c2cc(S(=O)(=O)N3CCCCC3)c(Cl)cc2Cl)n1. The topological polar surface area (TPSA) is 84.3 Å². The van der Waals surface area contributed by atoms with Gasteiger partial charge in [-0.1, -0.05) is 29.6 Å². The van der Waals surface area contributed by atoms with Gasteiger partial charge in [0.05, 0.1) is 32.3 Å². The van der Waals surface area contributed by atoms with Crippen molar-refractivity contribution in [2.45, 2.75) is 44.2 Å². The molecule has 0 spiro atoms. The molecule has 1 fully saturated rings. The van der Waals surface area contributed by atoms with Gasteiger partial charge in [0, 0.05) is 25.8 Å². The lowest BCUT2D eigenvalue weighted by molar-refractivity contribution is 0.0950. The van der Waals surface area contributed by atoms with E-state index >= 15 is 0 Å². The van der Waals surface area contributed by atoms with Gasteiger partial charge in [-0.2, -0.15) is 9.40 Å². The van der Waals surface area contributed by atoms with Crippen molar-refractivity contribution in [3.05, 3.63) is 44.1 Å². The van der Waals surface area contributed by atoms with E-state index in [9.17, 15) is 13.2 Å². The second-order valence-electron chi connectivity index (χ2n) is 6.69. The standard InChI is InChI=1S/C18H21BrCl2N4O3S/c1-2-24-11-13(19)16(23-24)10-22-18(26)12-8-17(15(21)9-14(12)20)29(27,28)25-6-4-3-5-7-25/h8-9,11H,2-7,10H2,1H3,(H,22,26). The van der Waals surface area contributed by atoms with Crippen LogP contribution in [0.4, 0.5) is 0 Å². The highest BCUT2D eigenvalue weighted by molar-refractivity contribution is 9.10. The van der Waals surface area contributed by atoms with Crippen LogP contribution >= 0.6 is 39.1 Å². The van der Waals surface area contributed by atoms with E-state index in [-0.39, 0.29) is 27.0 Å². The van der Waals surface area contributed by atoms with Crippen molar-refractivity contribution in [2.75, 3.05) is 13.1 Å². The van der Waals surface area contributed by atoms with Crippen LogP contribution in [-0.4, -0.2) is 41.5 Å². The van der Waals surface area contributed by atoms with E-state index in [1.807, 2.05) is 13.1 Å². The highest BCUT2D eigenvalue weighted by Crippen LogP contribution is 2.32. The predicted octanol–water partition coefficient (Wildman–Crippen LogP) is 4.08. The molecule has 0 unspecified atom stereocenters. The van der Waals surface area contributed by atoms with Crippen LogP contribution in [0.15, 0.2) is 27.7 Å². The number of rotatable bonds is 6. The lowest BCUT2D eigenvalue weighted by Crippen LogP contribution is -2.36. The smallest absolute Gasteiger partial charge is 0.253 e. The minimum atomic E-state index is -3.80. The van der Waals surface area contributed by atoms with Crippen LogP contribution in [0.25, 0.3) is 0 Å². The number of nitrogens with zero attached hydrogens (tertiary/aromatic N) is 3. The highest BCUT2D eigenvalue weighted by Gasteiger charge is 2.29. The maximum absolute atomic E-state index is 13.0. The molecule has 1 N–H and O–H groups in total. The summed E-state index contributed by atoms with van der Waals surface area (Å²) in [5.41, 5.74) is 0.712. The van der Waals surface area contributed by atoms with Gasteiger partial charge in [-0.3, -0.25) is 9.48 Å². The molecule has 1 aliphatic heterocycles. The Kier molecular flexibility index (Phi) is 7.27. The predicted molar refractivity (Wildman–Crippen MR) is 116 cm³/mol.